The summed E-state index contributed by atoms with van der Waals surface area (Å²) in [5, 5.41) is 6.32. The van der Waals surface area contributed by atoms with Gasteiger partial charge in [0.05, 0.1) is 6.04 Å². The minimum absolute atomic E-state index is 0.0504. The second-order valence-corrected chi connectivity index (χ2v) is 5.22. The van der Waals surface area contributed by atoms with Crippen LogP contribution in [0.15, 0.2) is 66.9 Å². The van der Waals surface area contributed by atoms with E-state index in [0.717, 1.165) is 23.4 Å². The molecule has 3 rings (SSSR count). The molecule has 1 atom stereocenters. The summed E-state index contributed by atoms with van der Waals surface area (Å²) in [6.07, 6.45) is 1.30. The molecule has 3 heteroatoms. The van der Waals surface area contributed by atoms with Gasteiger partial charge < -0.3 is 10.6 Å². The third-order valence-electron chi connectivity index (χ3n) is 3.72. The van der Waals surface area contributed by atoms with Crippen molar-refractivity contribution in [2.24, 2.45) is 0 Å². The lowest BCUT2D eigenvalue weighted by molar-refractivity contribution is -0.121. The molecule has 0 saturated carbocycles. The van der Waals surface area contributed by atoms with E-state index in [-0.39, 0.29) is 11.9 Å². The predicted octanol–water partition coefficient (Wildman–Crippen LogP) is 3.56. The normalized spacial score (nSPS) is 18.2. The molecule has 3 nitrogen and oxygen atoms in total. The van der Waals surface area contributed by atoms with Crippen LogP contribution in [-0.4, -0.2) is 11.9 Å². The quantitative estimate of drug-likeness (QED) is 0.901. The zero-order valence-electron chi connectivity index (χ0n) is 11.8. The van der Waals surface area contributed by atoms with Crippen molar-refractivity contribution in [3.63, 3.8) is 0 Å². The van der Waals surface area contributed by atoms with Crippen LogP contribution in [0.3, 0.4) is 0 Å². The molecule has 1 heterocycles. The first-order valence-corrected chi connectivity index (χ1v) is 7.13. The van der Waals surface area contributed by atoms with Crippen LogP contribution < -0.4 is 10.6 Å². The maximum Gasteiger partial charge on any atom is 0.224 e. The fraction of sp³-hybridized carbons (Fsp3) is 0.167. The van der Waals surface area contributed by atoms with E-state index < -0.39 is 0 Å². The lowest BCUT2D eigenvalue weighted by Gasteiger charge is -2.27. The third kappa shape index (κ3) is 2.97. The molecule has 0 aromatic heterocycles. The van der Waals surface area contributed by atoms with Gasteiger partial charge in [0.2, 0.25) is 5.91 Å². The SMILES string of the molecule is C=C1NC(=O)CCC1Nc1ccccc1-c1ccccc1. The van der Waals surface area contributed by atoms with Crippen molar-refractivity contribution in [3.8, 4) is 11.1 Å². The Bertz CT molecular complexity index is 664. The fourth-order valence-electron chi connectivity index (χ4n) is 2.60. The number of hydrogen-bond acceptors (Lipinski definition) is 2. The van der Waals surface area contributed by atoms with Crippen LogP contribution >= 0.6 is 0 Å². The summed E-state index contributed by atoms with van der Waals surface area (Å²) in [6, 6.07) is 18.6. The van der Waals surface area contributed by atoms with Gasteiger partial charge in [-0.15, -0.1) is 0 Å². The highest BCUT2D eigenvalue weighted by atomic mass is 16.1. The van der Waals surface area contributed by atoms with Gasteiger partial charge in [-0.05, 0) is 18.1 Å². The fourth-order valence-corrected chi connectivity index (χ4v) is 2.60. The molecule has 1 amide bonds. The van der Waals surface area contributed by atoms with Gasteiger partial charge in [0.25, 0.3) is 0 Å². The van der Waals surface area contributed by atoms with E-state index in [9.17, 15) is 4.79 Å². The zero-order valence-corrected chi connectivity index (χ0v) is 11.8. The lowest BCUT2D eigenvalue weighted by atomic mass is 10.00. The highest BCUT2D eigenvalue weighted by molar-refractivity contribution is 5.81. The molecule has 1 unspecified atom stereocenters. The topological polar surface area (TPSA) is 41.1 Å². The van der Waals surface area contributed by atoms with Gasteiger partial charge in [0.15, 0.2) is 0 Å². The Morgan fingerprint density at radius 2 is 1.76 bits per heavy atom. The number of anilines is 1. The van der Waals surface area contributed by atoms with Crippen LogP contribution in [-0.2, 0) is 4.79 Å². The first-order chi connectivity index (χ1) is 10.2. The Morgan fingerprint density at radius 3 is 2.52 bits per heavy atom. The summed E-state index contributed by atoms with van der Waals surface area (Å²) in [5.74, 6) is 0.0504. The number of carbonyl (C=O) groups is 1. The van der Waals surface area contributed by atoms with Crippen LogP contribution in [0.2, 0.25) is 0 Å². The van der Waals surface area contributed by atoms with Crippen LogP contribution in [0.1, 0.15) is 12.8 Å². The number of piperidine rings is 1. The molecule has 0 aliphatic carbocycles. The van der Waals surface area contributed by atoms with Crippen LogP contribution in [0.4, 0.5) is 5.69 Å². The number of hydrogen-bond donors (Lipinski definition) is 2. The molecule has 1 aliphatic heterocycles. The number of carbonyl (C=O) groups excluding carboxylic acids is 1. The standard InChI is InChI=1S/C18H18N2O/c1-13-16(11-12-18(21)19-13)20-17-10-6-5-9-15(17)14-7-3-2-4-8-14/h2-10,16,20H,1,11-12H2,(H,19,21). The maximum atomic E-state index is 11.4. The summed E-state index contributed by atoms with van der Waals surface area (Å²) in [5.41, 5.74) is 4.13. The van der Waals surface area contributed by atoms with Gasteiger partial charge in [-0.25, -0.2) is 0 Å². The summed E-state index contributed by atoms with van der Waals surface area (Å²) < 4.78 is 0. The molecule has 2 aromatic rings. The average molecular weight is 278 g/mol. The Hall–Kier alpha value is -2.55. The minimum Gasteiger partial charge on any atom is -0.376 e. The monoisotopic (exact) mass is 278 g/mol. The van der Waals surface area contributed by atoms with Crippen LogP contribution in [0.5, 0.6) is 0 Å². The second-order valence-electron chi connectivity index (χ2n) is 5.22. The smallest absolute Gasteiger partial charge is 0.224 e. The van der Waals surface area contributed by atoms with Gasteiger partial charge in [0.1, 0.15) is 0 Å². The molecule has 106 valence electrons. The first-order valence-electron chi connectivity index (χ1n) is 7.13. The van der Waals surface area contributed by atoms with E-state index in [2.05, 4.69) is 41.5 Å². The zero-order chi connectivity index (χ0) is 14.7. The van der Waals surface area contributed by atoms with Crippen molar-refractivity contribution in [3.05, 3.63) is 66.9 Å². The number of para-hydroxylation sites is 1. The van der Waals surface area contributed by atoms with Crippen LogP contribution in [0, 0.1) is 0 Å². The average Bonchev–Trinajstić information content (AvgIpc) is 2.51. The molecule has 2 N–H and O–H groups in total. The molecular formula is C18H18N2O. The molecule has 1 aliphatic rings. The van der Waals surface area contributed by atoms with E-state index in [1.807, 2.05) is 30.3 Å². The number of benzene rings is 2. The highest BCUT2D eigenvalue weighted by Gasteiger charge is 2.22. The number of amides is 1. The molecule has 0 bridgehead atoms. The molecule has 0 spiro atoms. The Morgan fingerprint density at radius 1 is 1.05 bits per heavy atom. The molecule has 1 saturated heterocycles. The summed E-state index contributed by atoms with van der Waals surface area (Å²) in [7, 11) is 0. The Kier molecular flexibility index (Phi) is 3.73. The first kappa shape index (κ1) is 13.4. The van der Waals surface area contributed by atoms with Crippen molar-refractivity contribution in [1.82, 2.24) is 5.32 Å². The van der Waals surface area contributed by atoms with Crippen molar-refractivity contribution in [2.75, 3.05) is 5.32 Å². The van der Waals surface area contributed by atoms with Crippen molar-refractivity contribution < 1.29 is 4.79 Å². The van der Waals surface area contributed by atoms with Gasteiger partial charge in [-0.3, -0.25) is 4.79 Å². The second kappa shape index (κ2) is 5.83. The maximum absolute atomic E-state index is 11.4. The van der Waals surface area contributed by atoms with Crippen molar-refractivity contribution in [2.45, 2.75) is 18.9 Å². The molecule has 2 aromatic carbocycles. The van der Waals surface area contributed by atoms with Crippen molar-refractivity contribution in [1.29, 1.82) is 0 Å². The van der Waals surface area contributed by atoms with Gasteiger partial charge in [-0.2, -0.15) is 0 Å². The summed E-state index contributed by atoms with van der Waals surface area (Å²) in [6.45, 7) is 3.95. The molecule has 1 fully saturated rings. The van der Waals surface area contributed by atoms with E-state index in [1.165, 1.54) is 5.56 Å². The van der Waals surface area contributed by atoms with Crippen LogP contribution in [0.25, 0.3) is 11.1 Å². The molecular weight excluding hydrogens is 260 g/mol. The largest absolute Gasteiger partial charge is 0.376 e. The van der Waals surface area contributed by atoms with E-state index in [0.29, 0.717) is 6.42 Å². The molecule has 21 heavy (non-hydrogen) atoms. The molecule has 0 radical (unpaired) electrons. The van der Waals surface area contributed by atoms with E-state index in [4.69, 9.17) is 0 Å². The predicted molar refractivity (Wildman–Crippen MR) is 85.8 cm³/mol. The number of nitrogens with one attached hydrogen (secondary N) is 2. The van der Waals surface area contributed by atoms with Gasteiger partial charge >= 0.3 is 0 Å². The minimum atomic E-state index is 0.0504. The lowest BCUT2D eigenvalue weighted by Crippen LogP contribution is -2.39. The Balaban J connectivity index is 1.86. The van der Waals surface area contributed by atoms with E-state index >= 15 is 0 Å². The summed E-state index contributed by atoms with van der Waals surface area (Å²) in [4.78, 5) is 11.4. The Labute approximate surface area is 124 Å². The number of rotatable bonds is 3. The van der Waals surface area contributed by atoms with Gasteiger partial charge in [-0.1, -0.05) is 55.1 Å². The summed E-state index contributed by atoms with van der Waals surface area (Å²) >= 11 is 0. The van der Waals surface area contributed by atoms with E-state index in [1.54, 1.807) is 0 Å². The highest BCUT2D eigenvalue weighted by Crippen LogP contribution is 2.29. The van der Waals surface area contributed by atoms with Gasteiger partial charge in [0, 0.05) is 23.4 Å². The third-order valence-corrected chi connectivity index (χ3v) is 3.72. The van der Waals surface area contributed by atoms with Crippen molar-refractivity contribution >= 4 is 11.6 Å².